The predicted molar refractivity (Wildman–Crippen MR) is 77.9 cm³/mol. The molecule has 2 fully saturated rings. The van der Waals surface area contributed by atoms with E-state index < -0.39 is 0 Å². The molecule has 1 aliphatic carbocycles. The summed E-state index contributed by atoms with van der Waals surface area (Å²) in [6.45, 7) is 3.97. The lowest BCUT2D eigenvalue weighted by Crippen LogP contribution is -2.35. The molecule has 4 heteroatoms. The van der Waals surface area contributed by atoms with Crippen LogP contribution in [-0.2, 0) is 4.79 Å². The van der Waals surface area contributed by atoms with E-state index in [1.807, 2.05) is 0 Å². The SMILES string of the molecule is CN1CCCN(C(=O)CCC2CCCC(N)C2)CC1. The third-order valence-corrected chi connectivity index (χ3v) is 4.66. The second-order valence-electron chi connectivity index (χ2n) is 6.37. The molecule has 2 unspecified atom stereocenters. The number of hydrogen-bond donors (Lipinski definition) is 1. The molecule has 0 aromatic heterocycles. The summed E-state index contributed by atoms with van der Waals surface area (Å²) >= 11 is 0. The highest BCUT2D eigenvalue weighted by Gasteiger charge is 2.22. The van der Waals surface area contributed by atoms with Crippen molar-refractivity contribution in [2.45, 2.75) is 51.0 Å². The topological polar surface area (TPSA) is 49.6 Å². The first kappa shape index (κ1) is 14.8. The molecular weight excluding hydrogens is 238 g/mol. The third-order valence-electron chi connectivity index (χ3n) is 4.66. The highest BCUT2D eigenvalue weighted by Crippen LogP contribution is 2.27. The van der Waals surface area contributed by atoms with Gasteiger partial charge in [-0.25, -0.2) is 0 Å². The van der Waals surface area contributed by atoms with Crippen molar-refractivity contribution in [3.05, 3.63) is 0 Å². The molecule has 110 valence electrons. The molecule has 1 heterocycles. The van der Waals surface area contributed by atoms with Crippen LogP contribution < -0.4 is 5.73 Å². The maximum atomic E-state index is 12.3. The van der Waals surface area contributed by atoms with Crippen molar-refractivity contribution in [2.24, 2.45) is 11.7 Å². The molecule has 0 radical (unpaired) electrons. The second kappa shape index (κ2) is 7.25. The van der Waals surface area contributed by atoms with Crippen molar-refractivity contribution in [2.75, 3.05) is 33.2 Å². The Bertz CT molecular complexity index is 295. The van der Waals surface area contributed by atoms with Gasteiger partial charge in [-0.3, -0.25) is 4.79 Å². The average Bonchev–Trinajstić information content (AvgIpc) is 2.61. The van der Waals surface area contributed by atoms with Crippen LogP contribution in [0, 0.1) is 5.92 Å². The van der Waals surface area contributed by atoms with Gasteiger partial charge in [-0.1, -0.05) is 12.8 Å². The van der Waals surface area contributed by atoms with Crippen molar-refractivity contribution in [1.82, 2.24) is 9.80 Å². The van der Waals surface area contributed by atoms with Gasteiger partial charge in [-0.2, -0.15) is 0 Å². The molecule has 2 aliphatic rings. The maximum Gasteiger partial charge on any atom is 0.222 e. The van der Waals surface area contributed by atoms with Crippen LogP contribution in [0.5, 0.6) is 0 Å². The Kier molecular flexibility index (Phi) is 5.64. The van der Waals surface area contributed by atoms with E-state index in [2.05, 4.69) is 16.8 Å². The van der Waals surface area contributed by atoms with Crippen LogP contribution in [0.3, 0.4) is 0 Å². The van der Waals surface area contributed by atoms with E-state index in [0.717, 1.165) is 51.9 Å². The van der Waals surface area contributed by atoms with Crippen molar-refractivity contribution < 1.29 is 4.79 Å². The Morgan fingerprint density at radius 1 is 1.16 bits per heavy atom. The molecule has 1 amide bonds. The van der Waals surface area contributed by atoms with Crippen LogP contribution in [0.1, 0.15) is 44.9 Å². The van der Waals surface area contributed by atoms with Crippen LogP contribution in [0.4, 0.5) is 0 Å². The van der Waals surface area contributed by atoms with Gasteiger partial charge in [0.1, 0.15) is 0 Å². The lowest BCUT2D eigenvalue weighted by atomic mass is 9.83. The van der Waals surface area contributed by atoms with Crippen LogP contribution >= 0.6 is 0 Å². The molecule has 2 atom stereocenters. The van der Waals surface area contributed by atoms with Crippen molar-refractivity contribution in [1.29, 1.82) is 0 Å². The van der Waals surface area contributed by atoms with Gasteiger partial charge in [-0.05, 0) is 45.2 Å². The predicted octanol–water partition coefficient (Wildman–Crippen LogP) is 1.45. The van der Waals surface area contributed by atoms with Crippen LogP contribution in [0.25, 0.3) is 0 Å². The van der Waals surface area contributed by atoms with E-state index >= 15 is 0 Å². The zero-order valence-electron chi connectivity index (χ0n) is 12.3. The number of rotatable bonds is 3. The number of carbonyl (C=O) groups excluding carboxylic acids is 1. The van der Waals surface area contributed by atoms with Gasteiger partial charge in [0.2, 0.25) is 5.91 Å². The number of amides is 1. The summed E-state index contributed by atoms with van der Waals surface area (Å²) in [6, 6.07) is 0.376. The Morgan fingerprint density at radius 3 is 2.79 bits per heavy atom. The molecule has 2 rings (SSSR count). The van der Waals surface area contributed by atoms with Crippen LogP contribution in [-0.4, -0.2) is 55.0 Å². The van der Waals surface area contributed by atoms with Gasteiger partial charge in [0, 0.05) is 32.1 Å². The fourth-order valence-electron chi connectivity index (χ4n) is 3.38. The van der Waals surface area contributed by atoms with E-state index in [1.54, 1.807) is 0 Å². The number of nitrogens with two attached hydrogens (primary N) is 1. The van der Waals surface area contributed by atoms with Gasteiger partial charge in [0.15, 0.2) is 0 Å². The number of likely N-dealkylation sites (N-methyl/N-ethyl adjacent to an activating group) is 1. The fraction of sp³-hybridized carbons (Fsp3) is 0.933. The van der Waals surface area contributed by atoms with Gasteiger partial charge in [0.05, 0.1) is 0 Å². The van der Waals surface area contributed by atoms with Crippen LogP contribution in [0.2, 0.25) is 0 Å². The largest absolute Gasteiger partial charge is 0.341 e. The average molecular weight is 267 g/mol. The minimum Gasteiger partial charge on any atom is -0.341 e. The first-order valence-corrected chi connectivity index (χ1v) is 7.87. The number of hydrogen-bond acceptors (Lipinski definition) is 3. The van der Waals surface area contributed by atoms with Gasteiger partial charge < -0.3 is 15.5 Å². The minimum atomic E-state index is 0.356. The Hall–Kier alpha value is -0.610. The fourth-order valence-corrected chi connectivity index (χ4v) is 3.38. The third kappa shape index (κ3) is 4.77. The highest BCUT2D eigenvalue weighted by molar-refractivity contribution is 5.76. The molecule has 19 heavy (non-hydrogen) atoms. The standard InChI is InChI=1S/C15H29N3O/c1-17-8-3-9-18(11-10-17)15(19)7-6-13-4-2-5-14(16)12-13/h13-14H,2-12,16H2,1H3. The van der Waals surface area contributed by atoms with Gasteiger partial charge in [0.25, 0.3) is 0 Å². The Labute approximate surface area is 117 Å². The Morgan fingerprint density at radius 2 is 2.00 bits per heavy atom. The van der Waals surface area contributed by atoms with Gasteiger partial charge >= 0.3 is 0 Å². The summed E-state index contributed by atoms with van der Waals surface area (Å²) in [4.78, 5) is 16.6. The molecule has 0 aromatic rings. The summed E-state index contributed by atoms with van der Waals surface area (Å²) in [6.07, 6.45) is 7.67. The van der Waals surface area contributed by atoms with Crippen molar-refractivity contribution >= 4 is 5.91 Å². The summed E-state index contributed by atoms with van der Waals surface area (Å²) in [7, 11) is 2.14. The maximum absolute atomic E-state index is 12.3. The second-order valence-corrected chi connectivity index (χ2v) is 6.37. The summed E-state index contributed by atoms with van der Waals surface area (Å²) in [5, 5.41) is 0. The van der Waals surface area contributed by atoms with E-state index in [9.17, 15) is 4.79 Å². The molecule has 1 saturated carbocycles. The minimum absolute atomic E-state index is 0.356. The molecule has 0 spiro atoms. The zero-order valence-corrected chi connectivity index (χ0v) is 12.3. The van der Waals surface area contributed by atoms with E-state index in [-0.39, 0.29) is 0 Å². The lowest BCUT2D eigenvalue weighted by Gasteiger charge is -2.27. The summed E-state index contributed by atoms with van der Waals surface area (Å²) in [5.74, 6) is 1.04. The van der Waals surface area contributed by atoms with Crippen molar-refractivity contribution in [3.8, 4) is 0 Å². The molecule has 1 aliphatic heterocycles. The molecule has 1 saturated heterocycles. The van der Waals surface area contributed by atoms with E-state index in [0.29, 0.717) is 17.9 Å². The number of nitrogens with zero attached hydrogens (tertiary/aromatic N) is 2. The number of carbonyl (C=O) groups is 1. The molecule has 0 bridgehead atoms. The monoisotopic (exact) mass is 267 g/mol. The summed E-state index contributed by atoms with van der Waals surface area (Å²) < 4.78 is 0. The van der Waals surface area contributed by atoms with Crippen LogP contribution in [0.15, 0.2) is 0 Å². The molecule has 2 N–H and O–H groups in total. The molecule has 0 aromatic carbocycles. The normalized spacial score (nSPS) is 30.1. The Balaban J connectivity index is 1.71. The highest BCUT2D eigenvalue weighted by atomic mass is 16.2. The lowest BCUT2D eigenvalue weighted by molar-refractivity contribution is -0.131. The van der Waals surface area contributed by atoms with E-state index in [1.165, 1.54) is 19.3 Å². The summed E-state index contributed by atoms with van der Waals surface area (Å²) in [5.41, 5.74) is 6.01. The van der Waals surface area contributed by atoms with Gasteiger partial charge in [-0.15, -0.1) is 0 Å². The van der Waals surface area contributed by atoms with E-state index in [4.69, 9.17) is 5.73 Å². The smallest absolute Gasteiger partial charge is 0.222 e. The van der Waals surface area contributed by atoms with Crippen molar-refractivity contribution in [3.63, 3.8) is 0 Å². The first-order valence-electron chi connectivity index (χ1n) is 7.87. The zero-order chi connectivity index (χ0) is 13.7. The molecular formula is C15H29N3O. The molecule has 4 nitrogen and oxygen atoms in total. The quantitative estimate of drug-likeness (QED) is 0.842. The first-order chi connectivity index (χ1) is 9.15.